The van der Waals surface area contributed by atoms with Crippen molar-refractivity contribution in [2.24, 2.45) is 7.05 Å². The molecule has 0 aliphatic carbocycles. The molecule has 2 aliphatic rings. The zero-order valence-corrected chi connectivity index (χ0v) is 22.4. The van der Waals surface area contributed by atoms with Gasteiger partial charge in [0.25, 0.3) is 0 Å². The van der Waals surface area contributed by atoms with Crippen LogP contribution in [0, 0.1) is 0 Å². The Kier molecular flexibility index (Phi) is 6.39. The number of hydrogen-bond donors (Lipinski definition) is 1. The van der Waals surface area contributed by atoms with E-state index in [0.717, 1.165) is 66.1 Å². The molecular weight excluding hydrogens is 474 g/mol. The van der Waals surface area contributed by atoms with Gasteiger partial charge in [0.15, 0.2) is 5.82 Å². The molecular formula is C30H35N7O. The molecule has 38 heavy (non-hydrogen) atoms. The Hall–Kier alpha value is -4.07. The number of nitrogens with zero attached hydrogens (tertiary/aromatic N) is 6. The molecule has 196 valence electrons. The van der Waals surface area contributed by atoms with E-state index < -0.39 is 0 Å². The third kappa shape index (κ3) is 4.44. The van der Waals surface area contributed by atoms with Crippen molar-refractivity contribution in [2.45, 2.75) is 39.2 Å². The van der Waals surface area contributed by atoms with Crippen molar-refractivity contribution in [1.82, 2.24) is 14.8 Å². The van der Waals surface area contributed by atoms with Gasteiger partial charge in [-0.25, -0.2) is 9.78 Å². The number of carbonyl (C=O) groups is 1. The summed E-state index contributed by atoms with van der Waals surface area (Å²) >= 11 is 0. The number of rotatable bonds is 4. The lowest BCUT2D eigenvalue weighted by Gasteiger charge is -2.28. The lowest BCUT2D eigenvalue weighted by molar-refractivity contribution is 0.255. The number of amides is 2. The molecule has 2 aromatic heterocycles. The molecule has 1 fully saturated rings. The van der Waals surface area contributed by atoms with Gasteiger partial charge in [-0.15, -0.1) is 0 Å². The quantitative estimate of drug-likeness (QED) is 0.371. The Morgan fingerprint density at radius 2 is 1.89 bits per heavy atom. The molecule has 2 amide bonds. The van der Waals surface area contributed by atoms with Crippen molar-refractivity contribution in [1.29, 1.82) is 0 Å². The van der Waals surface area contributed by atoms with Crippen LogP contribution in [0.3, 0.4) is 0 Å². The van der Waals surface area contributed by atoms with Crippen LogP contribution in [0.25, 0.3) is 22.2 Å². The van der Waals surface area contributed by atoms with Gasteiger partial charge in [-0.1, -0.05) is 12.1 Å². The van der Waals surface area contributed by atoms with E-state index >= 15 is 0 Å². The number of aromatic nitrogens is 3. The summed E-state index contributed by atoms with van der Waals surface area (Å²) in [4.78, 5) is 25.6. The highest BCUT2D eigenvalue weighted by molar-refractivity contribution is 6.04. The minimum Gasteiger partial charge on any atom is -0.372 e. The molecule has 2 aliphatic heterocycles. The molecule has 0 bridgehead atoms. The number of nitrogens with one attached hydrogen (secondary N) is 1. The van der Waals surface area contributed by atoms with Gasteiger partial charge in [-0.2, -0.15) is 5.10 Å². The summed E-state index contributed by atoms with van der Waals surface area (Å²) in [5.74, 6) is 0.709. The first-order valence-electron chi connectivity index (χ1n) is 13.6. The Bertz CT molecular complexity index is 1470. The van der Waals surface area contributed by atoms with Crippen molar-refractivity contribution >= 4 is 39.8 Å². The van der Waals surface area contributed by atoms with Gasteiger partial charge >= 0.3 is 6.03 Å². The van der Waals surface area contributed by atoms with E-state index in [1.165, 1.54) is 18.5 Å². The molecule has 4 heterocycles. The van der Waals surface area contributed by atoms with Crippen LogP contribution in [0.4, 0.5) is 27.7 Å². The van der Waals surface area contributed by atoms with E-state index in [4.69, 9.17) is 4.98 Å². The fourth-order valence-corrected chi connectivity index (χ4v) is 5.71. The largest absolute Gasteiger partial charge is 0.372 e. The first-order valence-corrected chi connectivity index (χ1v) is 13.6. The highest BCUT2D eigenvalue weighted by Gasteiger charge is 2.31. The lowest BCUT2D eigenvalue weighted by Crippen LogP contribution is -2.42. The lowest BCUT2D eigenvalue weighted by atomic mass is 10.1. The van der Waals surface area contributed by atoms with E-state index in [1.807, 2.05) is 41.0 Å². The Labute approximate surface area is 223 Å². The van der Waals surface area contributed by atoms with Crippen molar-refractivity contribution in [3.05, 3.63) is 60.8 Å². The van der Waals surface area contributed by atoms with Gasteiger partial charge in [-0.05, 0) is 75.6 Å². The predicted octanol–water partition coefficient (Wildman–Crippen LogP) is 5.89. The standard InChI is InChI=1S/C30H35N7O/c1-4-35-17-14-21(2)37(30(38)32-24-10-12-27-23(18-24)20-31-34(27)3)29-28(35)13-11-26(33-29)22-8-7-9-25(19-22)36-15-5-6-16-36/h7-13,18-21H,4-6,14-17H2,1-3H3,(H,32,38)/t21-/m1/s1. The van der Waals surface area contributed by atoms with Crippen molar-refractivity contribution in [3.8, 4) is 11.3 Å². The fourth-order valence-electron chi connectivity index (χ4n) is 5.71. The van der Waals surface area contributed by atoms with Gasteiger partial charge in [-0.3, -0.25) is 9.58 Å². The molecule has 8 heteroatoms. The van der Waals surface area contributed by atoms with Gasteiger partial charge < -0.3 is 15.1 Å². The smallest absolute Gasteiger partial charge is 0.327 e. The second-order valence-electron chi connectivity index (χ2n) is 10.3. The van der Waals surface area contributed by atoms with Gasteiger partial charge in [0.2, 0.25) is 0 Å². The minimum absolute atomic E-state index is 0.00823. The zero-order chi connectivity index (χ0) is 26.2. The number of pyridine rings is 1. The molecule has 4 aromatic rings. The molecule has 1 saturated heterocycles. The highest BCUT2D eigenvalue weighted by atomic mass is 16.2. The number of benzene rings is 2. The van der Waals surface area contributed by atoms with E-state index in [2.05, 4.69) is 70.5 Å². The first-order chi connectivity index (χ1) is 18.5. The normalized spacial score (nSPS) is 17.6. The molecule has 0 spiro atoms. The van der Waals surface area contributed by atoms with E-state index in [0.29, 0.717) is 5.82 Å². The molecule has 0 radical (unpaired) electrons. The van der Waals surface area contributed by atoms with E-state index in [-0.39, 0.29) is 12.1 Å². The highest BCUT2D eigenvalue weighted by Crippen LogP contribution is 2.36. The number of hydrogen-bond acceptors (Lipinski definition) is 5. The molecule has 2 aromatic carbocycles. The van der Waals surface area contributed by atoms with Crippen LogP contribution in [-0.4, -0.2) is 53.0 Å². The Morgan fingerprint density at radius 3 is 2.71 bits per heavy atom. The molecule has 0 unspecified atom stereocenters. The fraction of sp³-hybridized carbons (Fsp3) is 0.367. The van der Waals surface area contributed by atoms with E-state index in [9.17, 15) is 4.79 Å². The summed E-state index contributed by atoms with van der Waals surface area (Å²) in [7, 11) is 1.92. The van der Waals surface area contributed by atoms with Crippen LogP contribution in [-0.2, 0) is 7.05 Å². The topological polar surface area (TPSA) is 69.5 Å². The van der Waals surface area contributed by atoms with Crippen LogP contribution in [0.2, 0.25) is 0 Å². The number of aryl methyl sites for hydroxylation is 1. The summed E-state index contributed by atoms with van der Waals surface area (Å²) < 4.78 is 1.83. The molecule has 1 N–H and O–H groups in total. The Morgan fingerprint density at radius 1 is 1.05 bits per heavy atom. The van der Waals surface area contributed by atoms with Gasteiger partial charge in [0.1, 0.15) is 0 Å². The predicted molar refractivity (Wildman–Crippen MR) is 155 cm³/mol. The number of fused-ring (bicyclic) bond motifs is 2. The summed E-state index contributed by atoms with van der Waals surface area (Å²) in [5, 5.41) is 8.45. The second kappa shape index (κ2) is 10.0. The van der Waals surface area contributed by atoms with Gasteiger partial charge in [0.05, 0.1) is 23.1 Å². The first kappa shape index (κ1) is 24.3. The van der Waals surface area contributed by atoms with Crippen LogP contribution in [0.5, 0.6) is 0 Å². The second-order valence-corrected chi connectivity index (χ2v) is 10.3. The van der Waals surface area contributed by atoms with Crippen molar-refractivity contribution in [2.75, 3.05) is 46.2 Å². The summed E-state index contributed by atoms with van der Waals surface area (Å²) in [6, 6.07) is 18.5. The number of urea groups is 1. The van der Waals surface area contributed by atoms with Crippen molar-refractivity contribution < 1.29 is 4.79 Å². The van der Waals surface area contributed by atoms with Crippen LogP contribution >= 0.6 is 0 Å². The minimum atomic E-state index is -0.171. The number of carbonyl (C=O) groups excluding carboxylic acids is 1. The summed E-state index contributed by atoms with van der Waals surface area (Å²) in [6.07, 6.45) is 5.16. The van der Waals surface area contributed by atoms with Crippen molar-refractivity contribution in [3.63, 3.8) is 0 Å². The summed E-state index contributed by atoms with van der Waals surface area (Å²) in [5.41, 5.74) is 5.95. The van der Waals surface area contributed by atoms with Crippen LogP contribution < -0.4 is 20.0 Å². The maximum Gasteiger partial charge on any atom is 0.327 e. The molecule has 1 atom stereocenters. The SMILES string of the molecule is CCN1CC[C@@H](C)N(C(=O)Nc2ccc3c(cnn3C)c2)c2nc(-c3cccc(N4CCCC4)c3)ccc21. The molecule has 6 rings (SSSR count). The van der Waals surface area contributed by atoms with Crippen LogP contribution in [0.15, 0.2) is 60.8 Å². The average Bonchev–Trinajstić information content (AvgIpc) is 3.57. The van der Waals surface area contributed by atoms with Crippen LogP contribution in [0.1, 0.15) is 33.1 Å². The number of anilines is 4. The summed E-state index contributed by atoms with van der Waals surface area (Å²) in [6.45, 7) is 8.20. The molecule has 8 nitrogen and oxygen atoms in total. The third-order valence-electron chi connectivity index (χ3n) is 7.89. The Balaban J connectivity index is 1.37. The third-order valence-corrected chi connectivity index (χ3v) is 7.89. The maximum atomic E-state index is 13.8. The monoisotopic (exact) mass is 509 g/mol. The average molecular weight is 510 g/mol. The zero-order valence-electron chi connectivity index (χ0n) is 22.4. The van der Waals surface area contributed by atoms with Gasteiger partial charge in [0, 0.05) is 61.6 Å². The maximum absolute atomic E-state index is 13.8. The van der Waals surface area contributed by atoms with E-state index in [1.54, 1.807) is 0 Å². The molecule has 0 saturated carbocycles.